The second-order valence-corrected chi connectivity index (χ2v) is 5.25. The third-order valence-electron chi connectivity index (χ3n) is 3.17. The highest BCUT2D eigenvalue weighted by molar-refractivity contribution is 9.10. The SMILES string of the molecule is CCC(C)c1ccc(OC2CNC2)c(Br)c1. The molecule has 1 saturated heterocycles. The molecule has 0 radical (unpaired) electrons. The Morgan fingerprint density at radius 2 is 2.25 bits per heavy atom. The molecule has 16 heavy (non-hydrogen) atoms. The fourth-order valence-corrected chi connectivity index (χ4v) is 2.17. The lowest BCUT2D eigenvalue weighted by Gasteiger charge is -2.28. The summed E-state index contributed by atoms with van der Waals surface area (Å²) in [4.78, 5) is 0. The normalized spacial score (nSPS) is 17.9. The van der Waals surface area contributed by atoms with E-state index in [0.717, 1.165) is 23.3 Å². The van der Waals surface area contributed by atoms with E-state index < -0.39 is 0 Å². The van der Waals surface area contributed by atoms with Crippen molar-refractivity contribution in [2.24, 2.45) is 0 Å². The van der Waals surface area contributed by atoms with Gasteiger partial charge in [0.1, 0.15) is 11.9 Å². The maximum Gasteiger partial charge on any atom is 0.134 e. The molecule has 1 heterocycles. The van der Waals surface area contributed by atoms with Crippen LogP contribution >= 0.6 is 15.9 Å². The summed E-state index contributed by atoms with van der Waals surface area (Å²) >= 11 is 3.58. The summed E-state index contributed by atoms with van der Waals surface area (Å²) < 4.78 is 6.91. The summed E-state index contributed by atoms with van der Waals surface area (Å²) in [6.07, 6.45) is 1.50. The number of benzene rings is 1. The van der Waals surface area contributed by atoms with E-state index >= 15 is 0 Å². The van der Waals surface area contributed by atoms with Gasteiger partial charge in [0, 0.05) is 13.1 Å². The Labute approximate surface area is 106 Å². The number of nitrogens with one attached hydrogen (secondary N) is 1. The molecule has 1 N–H and O–H groups in total. The zero-order chi connectivity index (χ0) is 11.5. The van der Waals surface area contributed by atoms with Crippen molar-refractivity contribution in [3.8, 4) is 5.75 Å². The largest absolute Gasteiger partial charge is 0.487 e. The van der Waals surface area contributed by atoms with Gasteiger partial charge in [-0.05, 0) is 46.0 Å². The molecule has 1 aromatic carbocycles. The summed E-state index contributed by atoms with van der Waals surface area (Å²) in [5.74, 6) is 1.56. The molecule has 1 aromatic rings. The molecule has 0 aromatic heterocycles. The highest BCUT2D eigenvalue weighted by Crippen LogP contribution is 2.30. The number of halogens is 1. The first kappa shape index (κ1) is 11.9. The van der Waals surface area contributed by atoms with E-state index in [1.807, 2.05) is 0 Å². The minimum Gasteiger partial charge on any atom is -0.487 e. The zero-order valence-electron chi connectivity index (χ0n) is 9.79. The van der Waals surface area contributed by atoms with Crippen molar-refractivity contribution in [2.45, 2.75) is 32.3 Å². The first-order chi connectivity index (χ1) is 7.70. The molecule has 1 aliphatic heterocycles. The van der Waals surface area contributed by atoms with Crippen LogP contribution in [0.3, 0.4) is 0 Å². The third-order valence-corrected chi connectivity index (χ3v) is 3.79. The van der Waals surface area contributed by atoms with E-state index in [9.17, 15) is 0 Å². The number of hydrogen-bond donors (Lipinski definition) is 1. The van der Waals surface area contributed by atoms with Gasteiger partial charge in [0.05, 0.1) is 4.47 Å². The third kappa shape index (κ3) is 2.58. The summed E-state index contributed by atoms with van der Waals surface area (Å²) in [6.45, 7) is 6.38. The van der Waals surface area contributed by atoms with Crippen molar-refractivity contribution < 1.29 is 4.74 Å². The molecule has 0 aliphatic carbocycles. The van der Waals surface area contributed by atoms with Gasteiger partial charge >= 0.3 is 0 Å². The van der Waals surface area contributed by atoms with Gasteiger partial charge in [-0.15, -0.1) is 0 Å². The van der Waals surface area contributed by atoms with Gasteiger partial charge in [-0.1, -0.05) is 19.9 Å². The number of ether oxygens (including phenoxy) is 1. The van der Waals surface area contributed by atoms with E-state index in [-0.39, 0.29) is 0 Å². The minimum absolute atomic E-state index is 0.339. The fourth-order valence-electron chi connectivity index (χ4n) is 1.68. The van der Waals surface area contributed by atoms with E-state index in [2.05, 4.69) is 53.3 Å². The molecule has 0 bridgehead atoms. The van der Waals surface area contributed by atoms with Crippen molar-refractivity contribution in [1.82, 2.24) is 5.32 Å². The van der Waals surface area contributed by atoms with E-state index in [1.165, 1.54) is 12.0 Å². The highest BCUT2D eigenvalue weighted by atomic mass is 79.9. The molecule has 0 spiro atoms. The minimum atomic E-state index is 0.339. The molecule has 2 nitrogen and oxygen atoms in total. The Hall–Kier alpha value is -0.540. The van der Waals surface area contributed by atoms with Crippen molar-refractivity contribution in [3.05, 3.63) is 28.2 Å². The van der Waals surface area contributed by atoms with E-state index in [4.69, 9.17) is 4.74 Å². The molecule has 1 atom stereocenters. The predicted molar refractivity (Wildman–Crippen MR) is 70.1 cm³/mol. The lowest BCUT2D eigenvalue weighted by molar-refractivity contribution is 0.141. The quantitative estimate of drug-likeness (QED) is 0.916. The summed E-state index contributed by atoms with van der Waals surface area (Å²) in [6, 6.07) is 6.42. The molecule has 0 saturated carbocycles. The maximum absolute atomic E-state index is 5.84. The summed E-state index contributed by atoms with van der Waals surface area (Å²) in [5.41, 5.74) is 1.37. The molecule has 3 heteroatoms. The Morgan fingerprint density at radius 3 is 2.75 bits per heavy atom. The van der Waals surface area contributed by atoms with Crippen LogP contribution in [0.25, 0.3) is 0 Å². The van der Waals surface area contributed by atoms with Crippen molar-refractivity contribution in [2.75, 3.05) is 13.1 Å². The van der Waals surface area contributed by atoms with Crippen LogP contribution in [0.15, 0.2) is 22.7 Å². The Bertz CT molecular complexity index is 363. The maximum atomic E-state index is 5.84. The summed E-state index contributed by atoms with van der Waals surface area (Å²) in [7, 11) is 0. The second kappa shape index (κ2) is 5.19. The lowest BCUT2D eigenvalue weighted by atomic mass is 9.99. The molecule has 88 valence electrons. The molecular weight excluding hydrogens is 266 g/mol. The smallest absolute Gasteiger partial charge is 0.134 e. The molecule has 1 unspecified atom stereocenters. The average molecular weight is 284 g/mol. The Kier molecular flexibility index (Phi) is 3.87. The molecule has 1 aliphatic rings. The van der Waals surface area contributed by atoms with Crippen LogP contribution in [0.1, 0.15) is 31.7 Å². The van der Waals surface area contributed by atoms with Crippen LogP contribution in [0.5, 0.6) is 5.75 Å². The Morgan fingerprint density at radius 1 is 1.50 bits per heavy atom. The van der Waals surface area contributed by atoms with Crippen LogP contribution < -0.4 is 10.1 Å². The Balaban J connectivity index is 2.09. The first-order valence-electron chi connectivity index (χ1n) is 5.87. The van der Waals surface area contributed by atoms with Crippen molar-refractivity contribution >= 4 is 15.9 Å². The fraction of sp³-hybridized carbons (Fsp3) is 0.538. The van der Waals surface area contributed by atoms with Gasteiger partial charge in [0.15, 0.2) is 0 Å². The van der Waals surface area contributed by atoms with Gasteiger partial charge < -0.3 is 10.1 Å². The topological polar surface area (TPSA) is 21.3 Å². The van der Waals surface area contributed by atoms with Gasteiger partial charge in [-0.3, -0.25) is 0 Å². The van der Waals surface area contributed by atoms with Gasteiger partial charge in [0.2, 0.25) is 0 Å². The van der Waals surface area contributed by atoms with E-state index in [1.54, 1.807) is 0 Å². The second-order valence-electron chi connectivity index (χ2n) is 4.40. The van der Waals surface area contributed by atoms with Gasteiger partial charge in [-0.25, -0.2) is 0 Å². The van der Waals surface area contributed by atoms with Crippen LogP contribution in [-0.2, 0) is 0 Å². The standard InChI is InChI=1S/C13H18BrNO/c1-3-9(2)10-4-5-13(12(14)6-10)16-11-7-15-8-11/h4-6,9,11,15H,3,7-8H2,1-2H3. The van der Waals surface area contributed by atoms with Crippen molar-refractivity contribution in [1.29, 1.82) is 0 Å². The molecular formula is C13H18BrNO. The summed E-state index contributed by atoms with van der Waals surface area (Å²) in [5, 5.41) is 3.20. The number of hydrogen-bond acceptors (Lipinski definition) is 2. The van der Waals surface area contributed by atoms with Gasteiger partial charge in [0.25, 0.3) is 0 Å². The molecule has 2 rings (SSSR count). The molecule has 1 fully saturated rings. The van der Waals surface area contributed by atoms with Crippen LogP contribution in [0.2, 0.25) is 0 Å². The van der Waals surface area contributed by atoms with Gasteiger partial charge in [-0.2, -0.15) is 0 Å². The lowest BCUT2D eigenvalue weighted by Crippen LogP contribution is -2.50. The van der Waals surface area contributed by atoms with Crippen molar-refractivity contribution in [3.63, 3.8) is 0 Å². The van der Waals surface area contributed by atoms with E-state index in [0.29, 0.717) is 12.0 Å². The van der Waals surface area contributed by atoms with Crippen LogP contribution in [0, 0.1) is 0 Å². The first-order valence-corrected chi connectivity index (χ1v) is 6.66. The number of rotatable bonds is 4. The zero-order valence-corrected chi connectivity index (χ0v) is 11.4. The predicted octanol–water partition coefficient (Wildman–Crippen LogP) is 3.31. The monoisotopic (exact) mass is 283 g/mol. The highest BCUT2D eigenvalue weighted by Gasteiger charge is 2.19. The van der Waals surface area contributed by atoms with Crippen LogP contribution in [-0.4, -0.2) is 19.2 Å². The van der Waals surface area contributed by atoms with Crippen LogP contribution in [0.4, 0.5) is 0 Å². The molecule has 0 amide bonds. The average Bonchev–Trinajstić information content (AvgIpc) is 2.23.